The molecule has 1 rings (SSSR count). The van der Waals surface area contributed by atoms with Crippen molar-refractivity contribution in [1.29, 1.82) is 0 Å². The van der Waals surface area contributed by atoms with Crippen LogP contribution in [0.4, 0.5) is 0 Å². The topological polar surface area (TPSA) is 37.4 Å². The SMILES string of the molecule is C=CCN(C/C=C/C(=C)C(C)C)S(=O)(=O)c1ccc(C)cc1. The molecule has 0 N–H and O–H groups in total. The number of benzene rings is 1. The Balaban J connectivity index is 2.96. The zero-order chi connectivity index (χ0) is 16.8. The molecular weight excluding hydrogens is 294 g/mol. The van der Waals surface area contributed by atoms with E-state index in [4.69, 9.17) is 0 Å². The monoisotopic (exact) mass is 319 g/mol. The van der Waals surface area contributed by atoms with Crippen LogP contribution in [0.15, 0.2) is 66.1 Å². The van der Waals surface area contributed by atoms with Crippen molar-refractivity contribution in [2.75, 3.05) is 13.1 Å². The van der Waals surface area contributed by atoms with E-state index in [1.165, 1.54) is 4.31 Å². The van der Waals surface area contributed by atoms with Gasteiger partial charge in [0, 0.05) is 13.1 Å². The van der Waals surface area contributed by atoms with Crippen LogP contribution in [-0.4, -0.2) is 25.8 Å². The molecule has 22 heavy (non-hydrogen) atoms. The van der Waals surface area contributed by atoms with E-state index in [1.807, 2.05) is 19.1 Å². The van der Waals surface area contributed by atoms with Gasteiger partial charge < -0.3 is 0 Å². The molecule has 0 unspecified atom stereocenters. The Labute approximate surface area is 134 Å². The minimum atomic E-state index is -3.52. The van der Waals surface area contributed by atoms with Crippen molar-refractivity contribution in [1.82, 2.24) is 4.31 Å². The molecule has 120 valence electrons. The molecular formula is C18H25NO2S. The average molecular weight is 319 g/mol. The normalized spacial score (nSPS) is 12.2. The standard InChI is InChI=1S/C18H25NO2S/c1-6-13-19(14-7-8-17(5)15(2)3)22(20,21)18-11-9-16(4)10-12-18/h6-12,15H,1,5,13-14H2,2-4H3/b8-7+. The molecule has 0 bridgehead atoms. The van der Waals surface area contributed by atoms with Crippen LogP contribution in [0.25, 0.3) is 0 Å². The summed E-state index contributed by atoms with van der Waals surface area (Å²) in [6, 6.07) is 6.87. The minimum Gasteiger partial charge on any atom is -0.207 e. The molecule has 0 heterocycles. The fourth-order valence-corrected chi connectivity index (χ4v) is 3.15. The molecule has 0 spiro atoms. The highest BCUT2D eigenvalue weighted by Gasteiger charge is 2.22. The van der Waals surface area contributed by atoms with Gasteiger partial charge in [-0.25, -0.2) is 8.42 Å². The van der Waals surface area contributed by atoms with Gasteiger partial charge >= 0.3 is 0 Å². The number of hydrogen-bond acceptors (Lipinski definition) is 2. The first kappa shape index (κ1) is 18.4. The first-order chi connectivity index (χ1) is 10.3. The third kappa shape index (κ3) is 4.97. The van der Waals surface area contributed by atoms with Crippen molar-refractivity contribution in [3.05, 3.63) is 66.8 Å². The first-order valence-electron chi connectivity index (χ1n) is 7.32. The lowest BCUT2D eigenvalue weighted by Crippen LogP contribution is -2.31. The summed E-state index contributed by atoms with van der Waals surface area (Å²) < 4.78 is 26.7. The Morgan fingerprint density at radius 2 is 1.82 bits per heavy atom. The molecule has 3 nitrogen and oxygen atoms in total. The molecule has 4 heteroatoms. The summed E-state index contributed by atoms with van der Waals surface area (Å²) in [5.41, 5.74) is 2.01. The fraction of sp³-hybridized carbons (Fsp3) is 0.333. The number of aryl methyl sites for hydroxylation is 1. The maximum Gasteiger partial charge on any atom is 0.243 e. The van der Waals surface area contributed by atoms with Crippen molar-refractivity contribution in [3.63, 3.8) is 0 Å². The van der Waals surface area contributed by atoms with Gasteiger partial charge in [-0.1, -0.05) is 61.9 Å². The quantitative estimate of drug-likeness (QED) is 0.537. The van der Waals surface area contributed by atoms with Crippen molar-refractivity contribution in [3.8, 4) is 0 Å². The molecule has 0 radical (unpaired) electrons. The van der Waals surface area contributed by atoms with Crippen molar-refractivity contribution in [2.45, 2.75) is 25.7 Å². The highest BCUT2D eigenvalue weighted by atomic mass is 32.2. The Hall–Kier alpha value is -1.65. The van der Waals surface area contributed by atoms with Gasteiger partial charge in [0.2, 0.25) is 10.0 Å². The summed E-state index contributed by atoms with van der Waals surface area (Å²) in [4.78, 5) is 0.302. The molecule has 0 aliphatic carbocycles. The van der Waals surface area contributed by atoms with E-state index < -0.39 is 10.0 Å². The van der Waals surface area contributed by atoms with Crippen LogP contribution >= 0.6 is 0 Å². The first-order valence-corrected chi connectivity index (χ1v) is 8.76. The van der Waals surface area contributed by atoms with E-state index in [-0.39, 0.29) is 6.54 Å². The van der Waals surface area contributed by atoms with E-state index in [1.54, 1.807) is 30.3 Å². The van der Waals surface area contributed by atoms with Gasteiger partial charge in [0.25, 0.3) is 0 Å². The molecule has 0 atom stereocenters. The van der Waals surface area contributed by atoms with Gasteiger partial charge in [-0.3, -0.25) is 0 Å². The van der Waals surface area contributed by atoms with Gasteiger partial charge in [-0.2, -0.15) is 4.31 Å². The molecule has 0 saturated carbocycles. The highest BCUT2D eigenvalue weighted by molar-refractivity contribution is 7.89. The van der Waals surface area contributed by atoms with E-state index in [0.717, 1.165) is 11.1 Å². The van der Waals surface area contributed by atoms with Crippen LogP contribution in [0.1, 0.15) is 19.4 Å². The summed E-state index contributed by atoms with van der Waals surface area (Å²) in [6.45, 7) is 14.2. The van der Waals surface area contributed by atoms with E-state index >= 15 is 0 Å². The van der Waals surface area contributed by atoms with E-state index in [0.29, 0.717) is 17.4 Å². The molecule has 1 aromatic rings. The maximum absolute atomic E-state index is 12.7. The zero-order valence-electron chi connectivity index (χ0n) is 13.6. The molecule has 0 aromatic heterocycles. The predicted molar refractivity (Wildman–Crippen MR) is 93.3 cm³/mol. The third-order valence-corrected chi connectivity index (χ3v) is 5.22. The lowest BCUT2D eigenvalue weighted by Gasteiger charge is -2.19. The van der Waals surface area contributed by atoms with Crippen molar-refractivity contribution in [2.24, 2.45) is 5.92 Å². The largest absolute Gasteiger partial charge is 0.243 e. The van der Waals surface area contributed by atoms with Crippen LogP contribution in [0.5, 0.6) is 0 Å². The number of nitrogens with zero attached hydrogens (tertiary/aromatic N) is 1. The third-order valence-electron chi connectivity index (χ3n) is 3.37. The fourth-order valence-electron chi connectivity index (χ4n) is 1.79. The summed E-state index contributed by atoms with van der Waals surface area (Å²) in [5, 5.41) is 0. The predicted octanol–water partition coefficient (Wildman–Crippen LogP) is 3.94. The number of hydrogen-bond donors (Lipinski definition) is 0. The van der Waals surface area contributed by atoms with Gasteiger partial charge in [0.05, 0.1) is 4.90 Å². The number of sulfonamides is 1. The van der Waals surface area contributed by atoms with Gasteiger partial charge in [0.1, 0.15) is 0 Å². The van der Waals surface area contributed by atoms with E-state index in [9.17, 15) is 8.42 Å². The highest BCUT2D eigenvalue weighted by Crippen LogP contribution is 2.17. The smallest absolute Gasteiger partial charge is 0.207 e. The van der Waals surface area contributed by atoms with Gasteiger partial charge in [0.15, 0.2) is 0 Å². The van der Waals surface area contributed by atoms with Gasteiger partial charge in [-0.15, -0.1) is 6.58 Å². The summed E-state index contributed by atoms with van der Waals surface area (Å²) in [7, 11) is -3.52. The Morgan fingerprint density at radius 1 is 1.23 bits per heavy atom. The van der Waals surface area contributed by atoms with E-state index in [2.05, 4.69) is 27.0 Å². The van der Waals surface area contributed by atoms with Crippen LogP contribution in [0.2, 0.25) is 0 Å². The lowest BCUT2D eigenvalue weighted by molar-refractivity contribution is 0.474. The summed E-state index contributed by atoms with van der Waals surface area (Å²) in [5.74, 6) is 0.345. The molecule has 0 aliphatic rings. The second kappa shape index (κ2) is 8.11. The summed E-state index contributed by atoms with van der Waals surface area (Å²) in [6.07, 6.45) is 5.31. The van der Waals surface area contributed by atoms with Crippen LogP contribution in [0, 0.1) is 12.8 Å². The Bertz CT molecular complexity index is 640. The molecule has 0 amide bonds. The van der Waals surface area contributed by atoms with Crippen LogP contribution < -0.4 is 0 Å². The summed E-state index contributed by atoms with van der Waals surface area (Å²) >= 11 is 0. The molecule has 0 aliphatic heterocycles. The van der Waals surface area contributed by atoms with Crippen LogP contribution in [0.3, 0.4) is 0 Å². The minimum absolute atomic E-state index is 0.273. The number of rotatable bonds is 8. The Kier molecular flexibility index (Phi) is 6.78. The number of allylic oxidation sites excluding steroid dienone is 2. The Morgan fingerprint density at radius 3 is 2.32 bits per heavy atom. The maximum atomic E-state index is 12.7. The van der Waals surface area contributed by atoms with Crippen molar-refractivity contribution >= 4 is 10.0 Å². The lowest BCUT2D eigenvalue weighted by atomic mass is 10.1. The van der Waals surface area contributed by atoms with Gasteiger partial charge in [-0.05, 0) is 25.0 Å². The molecule has 1 aromatic carbocycles. The van der Waals surface area contributed by atoms with Crippen molar-refractivity contribution < 1.29 is 8.42 Å². The second-order valence-corrected chi connectivity index (χ2v) is 7.49. The zero-order valence-corrected chi connectivity index (χ0v) is 14.4. The molecule has 0 fully saturated rings. The van der Waals surface area contributed by atoms with Crippen LogP contribution in [-0.2, 0) is 10.0 Å². The second-order valence-electron chi connectivity index (χ2n) is 5.56. The average Bonchev–Trinajstić information content (AvgIpc) is 2.46. The molecule has 0 saturated heterocycles.